The molecule has 0 saturated heterocycles. The third-order valence-electron chi connectivity index (χ3n) is 0.686. The molecule has 1 rings (SSSR count). The Bertz CT molecular complexity index is 261. The number of nitrogens with one attached hydrogen (secondary N) is 2. The van der Waals surface area contributed by atoms with Crippen LogP contribution in [0.3, 0.4) is 0 Å². The van der Waals surface area contributed by atoms with Crippen molar-refractivity contribution in [1.29, 1.82) is 0 Å². The molecule has 0 fully saturated rings. The summed E-state index contributed by atoms with van der Waals surface area (Å²) in [5.74, 6) is 0. The topological polar surface area (TPSA) is 65.7 Å². The Labute approximate surface area is 64.3 Å². The molecule has 0 atom stereocenters. The molecule has 4 heteroatoms. The number of aromatic amines is 2. The molecule has 0 spiro atoms. The van der Waals surface area contributed by atoms with E-state index in [9.17, 15) is 9.59 Å². The van der Waals surface area contributed by atoms with Gasteiger partial charge in [0.05, 0.1) is 0 Å². The van der Waals surface area contributed by atoms with Crippen LogP contribution >= 0.6 is 0 Å². The first-order valence-electron chi connectivity index (χ1n) is 3.48. The maximum absolute atomic E-state index is 10.2. The molecule has 0 amide bonds. The Morgan fingerprint density at radius 3 is 2.18 bits per heavy atom. The highest BCUT2D eigenvalue weighted by Gasteiger charge is 1.77. The van der Waals surface area contributed by atoms with Crippen LogP contribution in [0.15, 0.2) is 21.9 Å². The molecule has 2 N–H and O–H groups in total. The summed E-state index contributed by atoms with van der Waals surface area (Å²) in [5, 5.41) is 0. The summed E-state index contributed by atoms with van der Waals surface area (Å²) < 4.78 is 0. The second-order valence-electron chi connectivity index (χ2n) is 2.00. The Morgan fingerprint density at radius 2 is 1.91 bits per heavy atom. The Hall–Kier alpha value is -1.32. The molecule has 0 unspecified atom stereocenters. The van der Waals surface area contributed by atoms with Crippen molar-refractivity contribution in [3.05, 3.63) is 33.1 Å². The lowest BCUT2D eigenvalue weighted by atomic mass is 10.6. The van der Waals surface area contributed by atoms with Gasteiger partial charge < -0.3 is 4.98 Å². The fourth-order valence-electron chi connectivity index (χ4n) is 0.383. The van der Waals surface area contributed by atoms with Gasteiger partial charge in [-0.05, 0) is 0 Å². The van der Waals surface area contributed by atoms with Gasteiger partial charge in [0.1, 0.15) is 0 Å². The van der Waals surface area contributed by atoms with E-state index in [0.717, 1.165) is 0 Å². The van der Waals surface area contributed by atoms with E-state index < -0.39 is 5.69 Å². The number of H-pyrrole nitrogens is 2. The van der Waals surface area contributed by atoms with Crippen LogP contribution in [-0.2, 0) is 0 Å². The van der Waals surface area contributed by atoms with Crippen LogP contribution < -0.4 is 11.2 Å². The molecular weight excluding hydrogens is 144 g/mol. The minimum Gasteiger partial charge on any atom is -0.314 e. The molecule has 1 aromatic heterocycles. The first-order valence-corrected chi connectivity index (χ1v) is 3.48. The normalized spacial score (nSPS) is 8.18. The van der Waals surface area contributed by atoms with E-state index in [1.165, 1.54) is 18.7 Å². The van der Waals surface area contributed by atoms with Gasteiger partial charge >= 0.3 is 5.69 Å². The highest BCUT2D eigenvalue weighted by molar-refractivity contribution is 4.77. The van der Waals surface area contributed by atoms with Crippen LogP contribution in [0.25, 0.3) is 0 Å². The average molecular weight is 156 g/mol. The highest BCUT2D eigenvalue weighted by atomic mass is 16.2. The van der Waals surface area contributed by atoms with Crippen LogP contribution in [0.4, 0.5) is 0 Å². The summed E-state index contributed by atoms with van der Waals surface area (Å²) in [6, 6.07) is 1.24. The fourth-order valence-corrected chi connectivity index (χ4v) is 0.383. The van der Waals surface area contributed by atoms with Crippen LogP contribution in [0.2, 0.25) is 0 Å². The zero-order valence-electron chi connectivity index (χ0n) is 6.68. The summed E-state index contributed by atoms with van der Waals surface area (Å²) in [6.07, 6.45) is 2.54. The first kappa shape index (κ1) is 9.68. The Kier molecular flexibility index (Phi) is 4.81. The van der Waals surface area contributed by atoms with Crippen molar-refractivity contribution in [2.45, 2.75) is 20.3 Å². The van der Waals surface area contributed by atoms with Gasteiger partial charge in [0, 0.05) is 12.3 Å². The Morgan fingerprint density at radius 1 is 1.36 bits per heavy atom. The number of rotatable bonds is 0. The SMILES string of the molecule is CCC.O=c1cc[nH]c(=O)[nH]1. The second kappa shape index (κ2) is 5.46. The van der Waals surface area contributed by atoms with Crippen LogP contribution in [0.1, 0.15) is 20.3 Å². The molecule has 0 aromatic carbocycles. The molecule has 1 aromatic rings. The lowest BCUT2D eigenvalue weighted by Gasteiger charge is -1.75. The van der Waals surface area contributed by atoms with Crippen molar-refractivity contribution in [1.82, 2.24) is 9.97 Å². The summed E-state index contributed by atoms with van der Waals surface area (Å²) in [6.45, 7) is 4.25. The fraction of sp³-hybridized carbons (Fsp3) is 0.429. The van der Waals surface area contributed by atoms with E-state index in [1.807, 2.05) is 4.98 Å². The van der Waals surface area contributed by atoms with Crippen LogP contribution in [0, 0.1) is 0 Å². The van der Waals surface area contributed by atoms with E-state index in [4.69, 9.17) is 0 Å². The van der Waals surface area contributed by atoms with Crippen molar-refractivity contribution in [3.8, 4) is 0 Å². The van der Waals surface area contributed by atoms with Crippen molar-refractivity contribution >= 4 is 0 Å². The summed E-state index contributed by atoms with van der Waals surface area (Å²) in [4.78, 5) is 24.7. The van der Waals surface area contributed by atoms with E-state index in [2.05, 4.69) is 18.8 Å². The first-order chi connectivity index (χ1) is 5.20. The maximum Gasteiger partial charge on any atom is 0.325 e. The van der Waals surface area contributed by atoms with Gasteiger partial charge in [0.15, 0.2) is 0 Å². The largest absolute Gasteiger partial charge is 0.325 e. The predicted octanol–water partition coefficient (Wildman–Crippen LogP) is 0.479. The third-order valence-corrected chi connectivity index (χ3v) is 0.686. The lowest BCUT2D eigenvalue weighted by Crippen LogP contribution is -2.19. The van der Waals surface area contributed by atoms with Gasteiger partial charge in [-0.3, -0.25) is 9.78 Å². The molecule has 0 saturated carbocycles. The molecule has 0 aliphatic heterocycles. The number of aromatic nitrogens is 2. The van der Waals surface area contributed by atoms with Gasteiger partial charge in [-0.25, -0.2) is 4.79 Å². The number of hydrogen-bond acceptors (Lipinski definition) is 2. The molecule has 1 heterocycles. The van der Waals surface area contributed by atoms with Crippen molar-refractivity contribution in [3.63, 3.8) is 0 Å². The third kappa shape index (κ3) is 5.14. The van der Waals surface area contributed by atoms with E-state index in [-0.39, 0.29) is 5.56 Å². The van der Waals surface area contributed by atoms with Crippen molar-refractivity contribution < 1.29 is 0 Å². The standard InChI is InChI=1S/C4H4N2O2.C3H8/c7-3-1-2-5-4(8)6-3;1-3-2/h1-2H,(H2,5,6,7,8);3H2,1-2H3. The molecule has 11 heavy (non-hydrogen) atoms. The van der Waals surface area contributed by atoms with Gasteiger partial charge in [-0.2, -0.15) is 0 Å². The van der Waals surface area contributed by atoms with Crippen LogP contribution in [0.5, 0.6) is 0 Å². The molecule has 0 radical (unpaired) electrons. The van der Waals surface area contributed by atoms with Gasteiger partial charge in [0.2, 0.25) is 0 Å². The zero-order chi connectivity index (χ0) is 8.69. The van der Waals surface area contributed by atoms with Gasteiger partial charge in [-0.15, -0.1) is 0 Å². The summed E-state index contributed by atoms with van der Waals surface area (Å²) >= 11 is 0. The maximum atomic E-state index is 10.2. The van der Waals surface area contributed by atoms with Gasteiger partial charge in [-0.1, -0.05) is 20.3 Å². The monoisotopic (exact) mass is 156 g/mol. The minimum atomic E-state index is -0.475. The summed E-state index contributed by atoms with van der Waals surface area (Å²) in [5.41, 5.74) is -0.855. The molecule has 62 valence electrons. The molecule has 0 bridgehead atoms. The van der Waals surface area contributed by atoms with Crippen molar-refractivity contribution in [2.24, 2.45) is 0 Å². The molecular formula is C7H12N2O2. The quantitative estimate of drug-likeness (QED) is 0.573. The lowest BCUT2D eigenvalue weighted by molar-refractivity contribution is 1.04. The Balaban J connectivity index is 0.000000292. The van der Waals surface area contributed by atoms with E-state index in [0.29, 0.717) is 0 Å². The number of hydrogen-bond donors (Lipinski definition) is 2. The zero-order valence-corrected chi connectivity index (χ0v) is 6.68. The summed E-state index contributed by atoms with van der Waals surface area (Å²) in [7, 11) is 0. The van der Waals surface area contributed by atoms with Gasteiger partial charge in [0.25, 0.3) is 5.56 Å². The smallest absolute Gasteiger partial charge is 0.314 e. The molecule has 4 nitrogen and oxygen atoms in total. The predicted molar refractivity (Wildman–Crippen MR) is 43.6 cm³/mol. The van der Waals surface area contributed by atoms with E-state index in [1.54, 1.807) is 0 Å². The minimum absolute atomic E-state index is 0.381. The molecule has 0 aliphatic rings. The van der Waals surface area contributed by atoms with E-state index >= 15 is 0 Å². The highest BCUT2D eigenvalue weighted by Crippen LogP contribution is 1.56. The second-order valence-corrected chi connectivity index (χ2v) is 2.00. The van der Waals surface area contributed by atoms with Crippen molar-refractivity contribution in [2.75, 3.05) is 0 Å². The average Bonchev–Trinajstić information content (AvgIpc) is 1.88. The molecule has 0 aliphatic carbocycles. The van der Waals surface area contributed by atoms with Crippen LogP contribution in [-0.4, -0.2) is 9.97 Å².